The standard InChI is InChI=1S/C10H12BrNO/c1-2-3-9(12)8-6-7(11)4-5-10(8)13/h2,4-6,9,13H,1,3,12H2/t9-/m0/s1. The Morgan fingerprint density at radius 2 is 2.31 bits per heavy atom. The van der Waals surface area contributed by atoms with Crippen molar-refractivity contribution in [3.63, 3.8) is 0 Å². The fourth-order valence-electron chi connectivity index (χ4n) is 1.13. The van der Waals surface area contributed by atoms with Crippen molar-refractivity contribution in [1.82, 2.24) is 0 Å². The third kappa shape index (κ3) is 2.57. The molecule has 0 aliphatic rings. The van der Waals surface area contributed by atoms with E-state index in [9.17, 15) is 5.11 Å². The maximum absolute atomic E-state index is 9.50. The van der Waals surface area contributed by atoms with Crippen molar-refractivity contribution in [2.24, 2.45) is 5.73 Å². The van der Waals surface area contributed by atoms with Gasteiger partial charge in [-0.1, -0.05) is 22.0 Å². The molecular weight excluding hydrogens is 230 g/mol. The number of halogens is 1. The predicted molar refractivity (Wildman–Crippen MR) is 57.5 cm³/mol. The number of phenolic OH excluding ortho intramolecular Hbond substituents is 1. The van der Waals surface area contributed by atoms with Crippen LogP contribution in [0.5, 0.6) is 5.75 Å². The normalized spacial score (nSPS) is 12.5. The van der Waals surface area contributed by atoms with Crippen molar-refractivity contribution >= 4 is 15.9 Å². The summed E-state index contributed by atoms with van der Waals surface area (Å²) in [6.45, 7) is 3.60. The largest absolute Gasteiger partial charge is 0.508 e. The minimum Gasteiger partial charge on any atom is -0.508 e. The first-order chi connectivity index (χ1) is 6.15. The van der Waals surface area contributed by atoms with Gasteiger partial charge in [-0.15, -0.1) is 6.58 Å². The molecular formula is C10H12BrNO. The molecule has 0 bridgehead atoms. The van der Waals surface area contributed by atoms with E-state index < -0.39 is 0 Å². The molecule has 0 fully saturated rings. The molecule has 3 heteroatoms. The summed E-state index contributed by atoms with van der Waals surface area (Å²) in [5, 5.41) is 9.50. The number of benzene rings is 1. The van der Waals surface area contributed by atoms with Gasteiger partial charge in [0, 0.05) is 16.1 Å². The minimum atomic E-state index is -0.185. The summed E-state index contributed by atoms with van der Waals surface area (Å²) >= 11 is 3.32. The van der Waals surface area contributed by atoms with Crippen molar-refractivity contribution in [3.8, 4) is 5.75 Å². The zero-order valence-corrected chi connectivity index (χ0v) is 8.79. The van der Waals surface area contributed by atoms with E-state index in [1.165, 1.54) is 0 Å². The topological polar surface area (TPSA) is 46.2 Å². The second-order valence-electron chi connectivity index (χ2n) is 2.83. The predicted octanol–water partition coefficient (Wildman–Crippen LogP) is 2.73. The Morgan fingerprint density at radius 3 is 2.92 bits per heavy atom. The SMILES string of the molecule is C=CC[C@H](N)c1cc(Br)ccc1O. The van der Waals surface area contributed by atoms with Crippen LogP contribution in [0.25, 0.3) is 0 Å². The zero-order valence-electron chi connectivity index (χ0n) is 7.20. The van der Waals surface area contributed by atoms with E-state index in [0.29, 0.717) is 6.42 Å². The van der Waals surface area contributed by atoms with Gasteiger partial charge < -0.3 is 10.8 Å². The average Bonchev–Trinajstić information content (AvgIpc) is 2.09. The van der Waals surface area contributed by atoms with Gasteiger partial charge in [0.15, 0.2) is 0 Å². The molecule has 0 unspecified atom stereocenters. The number of aromatic hydroxyl groups is 1. The van der Waals surface area contributed by atoms with Crippen molar-refractivity contribution in [3.05, 3.63) is 40.9 Å². The highest BCUT2D eigenvalue weighted by atomic mass is 79.9. The first-order valence-electron chi connectivity index (χ1n) is 4.00. The molecule has 0 saturated heterocycles. The van der Waals surface area contributed by atoms with Crippen LogP contribution >= 0.6 is 15.9 Å². The molecule has 2 nitrogen and oxygen atoms in total. The van der Waals surface area contributed by atoms with E-state index in [4.69, 9.17) is 5.73 Å². The Labute approximate surface area is 86.2 Å². The second kappa shape index (κ2) is 4.44. The van der Waals surface area contributed by atoms with Crippen LogP contribution in [0.4, 0.5) is 0 Å². The summed E-state index contributed by atoms with van der Waals surface area (Å²) in [5.41, 5.74) is 6.57. The van der Waals surface area contributed by atoms with Crippen LogP contribution < -0.4 is 5.73 Å². The highest BCUT2D eigenvalue weighted by molar-refractivity contribution is 9.10. The average molecular weight is 242 g/mol. The quantitative estimate of drug-likeness (QED) is 0.800. The smallest absolute Gasteiger partial charge is 0.120 e. The van der Waals surface area contributed by atoms with E-state index in [2.05, 4.69) is 22.5 Å². The van der Waals surface area contributed by atoms with E-state index in [0.717, 1.165) is 10.0 Å². The van der Waals surface area contributed by atoms with Gasteiger partial charge in [0.1, 0.15) is 5.75 Å². The summed E-state index contributed by atoms with van der Waals surface area (Å²) in [5.74, 6) is 0.234. The van der Waals surface area contributed by atoms with Crippen LogP contribution in [0.1, 0.15) is 18.0 Å². The van der Waals surface area contributed by atoms with Gasteiger partial charge in [0.2, 0.25) is 0 Å². The maximum Gasteiger partial charge on any atom is 0.120 e. The number of rotatable bonds is 3. The van der Waals surface area contributed by atoms with Gasteiger partial charge in [0.05, 0.1) is 0 Å². The summed E-state index contributed by atoms with van der Waals surface area (Å²) in [7, 11) is 0. The van der Waals surface area contributed by atoms with Crippen molar-refractivity contribution < 1.29 is 5.11 Å². The Kier molecular flexibility index (Phi) is 3.51. The van der Waals surface area contributed by atoms with Gasteiger partial charge in [-0.3, -0.25) is 0 Å². The highest BCUT2D eigenvalue weighted by Crippen LogP contribution is 2.27. The highest BCUT2D eigenvalue weighted by Gasteiger charge is 2.09. The summed E-state index contributed by atoms with van der Waals surface area (Å²) in [6.07, 6.45) is 2.40. The lowest BCUT2D eigenvalue weighted by atomic mass is 10.0. The molecule has 0 aromatic heterocycles. The molecule has 1 rings (SSSR count). The van der Waals surface area contributed by atoms with Gasteiger partial charge >= 0.3 is 0 Å². The fraction of sp³-hybridized carbons (Fsp3) is 0.200. The van der Waals surface area contributed by atoms with E-state index in [1.54, 1.807) is 18.2 Å². The molecule has 13 heavy (non-hydrogen) atoms. The van der Waals surface area contributed by atoms with Gasteiger partial charge in [0.25, 0.3) is 0 Å². The number of phenols is 1. The first kappa shape index (κ1) is 10.3. The molecule has 0 aliphatic carbocycles. The molecule has 1 atom stereocenters. The van der Waals surface area contributed by atoms with Crippen LogP contribution in [0.3, 0.4) is 0 Å². The third-order valence-electron chi connectivity index (χ3n) is 1.81. The molecule has 3 N–H and O–H groups in total. The Morgan fingerprint density at radius 1 is 1.62 bits per heavy atom. The molecule has 0 saturated carbocycles. The Bertz CT molecular complexity index is 312. The van der Waals surface area contributed by atoms with Crippen LogP contribution in [0.2, 0.25) is 0 Å². The lowest BCUT2D eigenvalue weighted by Gasteiger charge is -2.11. The number of hydrogen-bond donors (Lipinski definition) is 2. The van der Waals surface area contributed by atoms with E-state index in [-0.39, 0.29) is 11.8 Å². The van der Waals surface area contributed by atoms with Gasteiger partial charge in [-0.2, -0.15) is 0 Å². The summed E-state index contributed by atoms with van der Waals surface area (Å²) in [4.78, 5) is 0. The molecule has 0 radical (unpaired) electrons. The van der Waals surface area contributed by atoms with Gasteiger partial charge in [-0.25, -0.2) is 0 Å². The van der Waals surface area contributed by atoms with Crippen LogP contribution in [0, 0.1) is 0 Å². The third-order valence-corrected chi connectivity index (χ3v) is 2.30. The Balaban J connectivity index is 2.97. The Hall–Kier alpha value is -0.800. The lowest BCUT2D eigenvalue weighted by molar-refractivity contribution is 0.461. The van der Waals surface area contributed by atoms with Crippen LogP contribution in [-0.2, 0) is 0 Å². The van der Waals surface area contributed by atoms with E-state index in [1.807, 2.05) is 6.07 Å². The van der Waals surface area contributed by atoms with Crippen molar-refractivity contribution in [2.45, 2.75) is 12.5 Å². The fourth-order valence-corrected chi connectivity index (χ4v) is 1.51. The second-order valence-corrected chi connectivity index (χ2v) is 3.75. The van der Waals surface area contributed by atoms with Crippen LogP contribution in [0.15, 0.2) is 35.3 Å². The number of nitrogens with two attached hydrogens (primary N) is 1. The minimum absolute atomic E-state index is 0.185. The summed E-state index contributed by atoms with van der Waals surface area (Å²) in [6, 6.07) is 5.04. The van der Waals surface area contributed by atoms with Crippen molar-refractivity contribution in [1.29, 1.82) is 0 Å². The van der Waals surface area contributed by atoms with E-state index >= 15 is 0 Å². The molecule has 1 aromatic carbocycles. The molecule has 0 aliphatic heterocycles. The molecule has 70 valence electrons. The molecule has 0 heterocycles. The maximum atomic E-state index is 9.50. The zero-order chi connectivity index (χ0) is 9.84. The molecule has 0 spiro atoms. The van der Waals surface area contributed by atoms with Gasteiger partial charge in [-0.05, 0) is 24.6 Å². The monoisotopic (exact) mass is 241 g/mol. The number of hydrogen-bond acceptors (Lipinski definition) is 2. The lowest BCUT2D eigenvalue weighted by Crippen LogP contribution is -2.09. The van der Waals surface area contributed by atoms with Crippen LogP contribution in [-0.4, -0.2) is 5.11 Å². The molecule has 0 amide bonds. The molecule has 1 aromatic rings. The summed E-state index contributed by atoms with van der Waals surface area (Å²) < 4.78 is 0.916. The first-order valence-corrected chi connectivity index (χ1v) is 4.79. The van der Waals surface area contributed by atoms with Crippen molar-refractivity contribution in [2.75, 3.05) is 0 Å².